The Morgan fingerprint density at radius 1 is 1.50 bits per heavy atom. The molecular weight excluding hydrogens is 129 g/mol. The predicted octanol–water partition coefficient (Wildman–Crippen LogP) is 1.68. The molecule has 0 aromatic rings. The third-order valence-corrected chi connectivity index (χ3v) is 2.32. The Kier molecular flexibility index (Phi) is 2.29. The summed E-state index contributed by atoms with van der Waals surface area (Å²) in [6.45, 7) is 5.09. The van der Waals surface area contributed by atoms with Gasteiger partial charge in [0, 0.05) is 12.6 Å². The summed E-state index contributed by atoms with van der Waals surface area (Å²) in [4.78, 5) is 2.12. The first-order valence-electron chi connectivity index (χ1n) is 3.97. The van der Waals surface area contributed by atoms with Gasteiger partial charge in [-0.25, -0.2) is 4.39 Å². The molecule has 1 nitrogen and oxygen atoms in total. The fraction of sp³-hybridized carbons (Fsp3) is 1.00. The van der Waals surface area contributed by atoms with Gasteiger partial charge >= 0.3 is 0 Å². The maximum Gasteiger partial charge on any atom is 0.117 e. The summed E-state index contributed by atoms with van der Waals surface area (Å²) in [6.07, 6.45) is 0.129. The van der Waals surface area contributed by atoms with E-state index in [1.54, 1.807) is 0 Å². The Labute approximate surface area is 62.2 Å². The van der Waals surface area contributed by atoms with Gasteiger partial charge in [-0.1, -0.05) is 13.8 Å². The lowest BCUT2D eigenvalue weighted by molar-refractivity contribution is 0.174. The summed E-state index contributed by atoms with van der Waals surface area (Å²) in [5.74, 6) is 0.447. The lowest BCUT2D eigenvalue weighted by Gasteiger charge is -2.24. The van der Waals surface area contributed by atoms with Crippen molar-refractivity contribution in [2.45, 2.75) is 32.5 Å². The summed E-state index contributed by atoms with van der Waals surface area (Å²) in [5, 5.41) is 0. The number of rotatable bonds is 1. The largest absolute Gasteiger partial charge is 0.300 e. The molecule has 0 N–H and O–H groups in total. The minimum atomic E-state index is -0.593. The molecule has 1 saturated heterocycles. The van der Waals surface area contributed by atoms with E-state index in [-0.39, 0.29) is 6.04 Å². The zero-order valence-corrected chi connectivity index (χ0v) is 6.97. The van der Waals surface area contributed by atoms with E-state index in [4.69, 9.17) is 0 Å². The van der Waals surface area contributed by atoms with Crippen LogP contribution in [0.3, 0.4) is 0 Å². The van der Waals surface area contributed by atoms with Gasteiger partial charge < -0.3 is 4.90 Å². The van der Waals surface area contributed by atoms with Crippen LogP contribution in [-0.2, 0) is 0 Å². The van der Waals surface area contributed by atoms with E-state index in [1.165, 1.54) is 0 Å². The van der Waals surface area contributed by atoms with Crippen molar-refractivity contribution >= 4 is 0 Å². The van der Waals surface area contributed by atoms with Gasteiger partial charge in [-0.05, 0) is 19.4 Å². The molecule has 1 aliphatic rings. The predicted molar refractivity (Wildman–Crippen MR) is 40.8 cm³/mol. The van der Waals surface area contributed by atoms with Gasteiger partial charge in [0.15, 0.2) is 0 Å². The highest BCUT2D eigenvalue weighted by Gasteiger charge is 2.33. The van der Waals surface area contributed by atoms with Crippen LogP contribution in [0, 0.1) is 5.92 Å². The normalized spacial score (nSPS) is 35.7. The first kappa shape index (κ1) is 7.99. The molecule has 0 aromatic heterocycles. The molecule has 1 rings (SSSR count). The van der Waals surface area contributed by atoms with Crippen LogP contribution >= 0.6 is 0 Å². The average molecular weight is 145 g/mol. The number of halogens is 1. The molecule has 0 amide bonds. The Morgan fingerprint density at radius 2 is 2.10 bits per heavy atom. The van der Waals surface area contributed by atoms with E-state index < -0.39 is 6.17 Å². The SMILES string of the molecule is CC(C)C1[C@@H](F)CCN1C. The molecule has 60 valence electrons. The second kappa shape index (κ2) is 2.87. The molecule has 1 aliphatic heterocycles. The Hall–Kier alpha value is -0.110. The van der Waals surface area contributed by atoms with Crippen LogP contribution in [0.15, 0.2) is 0 Å². The van der Waals surface area contributed by atoms with Crippen LogP contribution in [0.5, 0.6) is 0 Å². The highest BCUT2D eigenvalue weighted by molar-refractivity contribution is 4.86. The zero-order chi connectivity index (χ0) is 7.72. The molecule has 2 heteroatoms. The van der Waals surface area contributed by atoms with E-state index in [2.05, 4.69) is 18.7 Å². The molecule has 1 fully saturated rings. The summed E-state index contributed by atoms with van der Waals surface area (Å²) in [7, 11) is 2.00. The number of nitrogens with zero attached hydrogens (tertiary/aromatic N) is 1. The number of likely N-dealkylation sites (tertiary alicyclic amines) is 1. The monoisotopic (exact) mass is 145 g/mol. The van der Waals surface area contributed by atoms with Gasteiger partial charge in [-0.15, -0.1) is 0 Å². The van der Waals surface area contributed by atoms with Gasteiger partial charge in [0.2, 0.25) is 0 Å². The quantitative estimate of drug-likeness (QED) is 0.542. The average Bonchev–Trinajstić information content (AvgIpc) is 2.11. The maximum atomic E-state index is 13.0. The standard InChI is InChI=1S/C8H16FN/c1-6(2)8-7(9)4-5-10(8)3/h6-8H,4-5H2,1-3H3/t7-,8?/m0/s1. The van der Waals surface area contributed by atoms with Crippen LogP contribution in [0.25, 0.3) is 0 Å². The zero-order valence-electron chi connectivity index (χ0n) is 6.97. The Bertz CT molecular complexity index is 104. The lowest BCUT2D eigenvalue weighted by atomic mass is 10.0. The first-order chi connectivity index (χ1) is 4.63. The molecule has 0 spiro atoms. The van der Waals surface area contributed by atoms with Crippen LogP contribution in [-0.4, -0.2) is 30.7 Å². The van der Waals surface area contributed by atoms with E-state index >= 15 is 0 Å². The Balaban J connectivity index is 2.54. The molecule has 0 saturated carbocycles. The molecular formula is C8H16FN. The van der Waals surface area contributed by atoms with E-state index in [1.807, 2.05) is 7.05 Å². The van der Waals surface area contributed by atoms with Crippen LogP contribution < -0.4 is 0 Å². The fourth-order valence-electron chi connectivity index (χ4n) is 1.85. The third kappa shape index (κ3) is 1.31. The van der Waals surface area contributed by atoms with Crippen molar-refractivity contribution in [3.63, 3.8) is 0 Å². The molecule has 10 heavy (non-hydrogen) atoms. The van der Waals surface area contributed by atoms with Gasteiger partial charge in [0.25, 0.3) is 0 Å². The lowest BCUT2D eigenvalue weighted by Crippen LogP contribution is -2.34. The smallest absolute Gasteiger partial charge is 0.117 e. The highest BCUT2D eigenvalue weighted by atomic mass is 19.1. The topological polar surface area (TPSA) is 3.24 Å². The molecule has 1 heterocycles. The van der Waals surface area contributed by atoms with Crippen LogP contribution in [0.4, 0.5) is 4.39 Å². The minimum absolute atomic E-state index is 0.167. The molecule has 0 radical (unpaired) electrons. The van der Waals surface area contributed by atoms with Gasteiger partial charge in [0.05, 0.1) is 0 Å². The van der Waals surface area contributed by atoms with Crippen molar-refractivity contribution in [1.82, 2.24) is 4.90 Å². The summed E-state index contributed by atoms with van der Waals surface area (Å²) in [6, 6.07) is 0.167. The van der Waals surface area contributed by atoms with Gasteiger partial charge in [-0.2, -0.15) is 0 Å². The van der Waals surface area contributed by atoms with Crippen molar-refractivity contribution in [2.24, 2.45) is 5.92 Å². The Morgan fingerprint density at radius 3 is 2.30 bits per heavy atom. The van der Waals surface area contributed by atoms with Gasteiger partial charge in [0.1, 0.15) is 6.17 Å². The number of hydrogen-bond acceptors (Lipinski definition) is 1. The van der Waals surface area contributed by atoms with Crippen LogP contribution in [0.2, 0.25) is 0 Å². The van der Waals surface area contributed by atoms with Crippen molar-refractivity contribution in [3.8, 4) is 0 Å². The summed E-state index contributed by atoms with van der Waals surface area (Å²) >= 11 is 0. The fourth-order valence-corrected chi connectivity index (χ4v) is 1.85. The number of alkyl halides is 1. The number of hydrogen-bond donors (Lipinski definition) is 0. The van der Waals surface area contributed by atoms with Crippen molar-refractivity contribution < 1.29 is 4.39 Å². The molecule has 0 bridgehead atoms. The van der Waals surface area contributed by atoms with Gasteiger partial charge in [-0.3, -0.25) is 0 Å². The minimum Gasteiger partial charge on any atom is -0.300 e. The second-order valence-electron chi connectivity index (χ2n) is 3.52. The molecule has 0 aliphatic carbocycles. The van der Waals surface area contributed by atoms with Crippen molar-refractivity contribution in [1.29, 1.82) is 0 Å². The molecule has 1 unspecified atom stereocenters. The summed E-state index contributed by atoms with van der Waals surface area (Å²) < 4.78 is 13.0. The molecule has 2 atom stereocenters. The maximum absolute atomic E-state index is 13.0. The second-order valence-corrected chi connectivity index (χ2v) is 3.52. The molecule has 0 aromatic carbocycles. The van der Waals surface area contributed by atoms with Crippen LogP contribution in [0.1, 0.15) is 20.3 Å². The van der Waals surface area contributed by atoms with Crippen molar-refractivity contribution in [3.05, 3.63) is 0 Å². The van der Waals surface area contributed by atoms with E-state index in [0.717, 1.165) is 13.0 Å². The highest BCUT2D eigenvalue weighted by Crippen LogP contribution is 2.24. The van der Waals surface area contributed by atoms with E-state index in [9.17, 15) is 4.39 Å². The third-order valence-electron chi connectivity index (χ3n) is 2.32. The van der Waals surface area contributed by atoms with E-state index in [0.29, 0.717) is 5.92 Å². The van der Waals surface area contributed by atoms with Crippen molar-refractivity contribution in [2.75, 3.05) is 13.6 Å². The first-order valence-corrected chi connectivity index (χ1v) is 3.97. The summed E-state index contributed by atoms with van der Waals surface area (Å²) in [5.41, 5.74) is 0.